The van der Waals surface area contributed by atoms with Crippen LogP contribution in [0.5, 0.6) is 5.75 Å². The number of carbonyl (C=O) groups is 1. The maximum atomic E-state index is 11.9. The first-order valence-electron chi connectivity index (χ1n) is 6.35. The summed E-state index contributed by atoms with van der Waals surface area (Å²) >= 11 is 0. The van der Waals surface area contributed by atoms with Crippen LogP contribution in [0.2, 0.25) is 0 Å². The van der Waals surface area contributed by atoms with Crippen LogP contribution >= 0.6 is 12.4 Å². The largest absolute Gasteiger partial charge is 0.497 e. The van der Waals surface area contributed by atoms with Crippen LogP contribution < -0.4 is 10.5 Å². The molecule has 1 aliphatic heterocycles. The number of halogens is 1. The van der Waals surface area contributed by atoms with Crippen molar-refractivity contribution in [3.8, 4) is 5.75 Å². The van der Waals surface area contributed by atoms with Crippen LogP contribution in [0.15, 0.2) is 24.3 Å². The van der Waals surface area contributed by atoms with E-state index in [2.05, 4.69) is 0 Å². The fourth-order valence-electron chi connectivity index (χ4n) is 2.22. The standard InChI is InChI=1S/C14H20N2O2.ClH/c1-18-13-5-2-11(3-6-13)4-7-14(17)16-9-8-12(15)10-16;/h2-3,5-6,12H,4,7-10,15H2,1H3;1H/t12-;/m1./s1. The average molecular weight is 285 g/mol. The number of nitrogens with zero attached hydrogens (tertiary/aromatic N) is 1. The van der Waals surface area contributed by atoms with Crippen molar-refractivity contribution < 1.29 is 9.53 Å². The molecule has 1 heterocycles. The number of likely N-dealkylation sites (tertiary alicyclic amines) is 1. The van der Waals surface area contributed by atoms with Crippen molar-refractivity contribution in [1.29, 1.82) is 0 Å². The Labute approximate surface area is 120 Å². The van der Waals surface area contributed by atoms with Crippen molar-refractivity contribution in [3.05, 3.63) is 29.8 Å². The van der Waals surface area contributed by atoms with Gasteiger partial charge in [0.15, 0.2) is 0 Å². The number of hydrogen-bond acceptors (Lipinski definition) is 3. The average Bonchev–Trinajstić information content (AvgIpc) is 2.83. The lowest BCUT2D eigenvalue weighted by Gasteiger charge is -2.15. The summed E-state index contributed by atoms with van der Waals surface area (Å²) in [5, 5.41) is 0. The second-order valence-corrected chi connectivity index (χ2v) is 4.74. The molecule has 1 aromatic carbocycles. The van der Waals surface area contributed by atoms with Gasteiger partial charge in [-0.1, -0.05) is 12.1 Å². The number of hydrogen-bond donors (Lipinski definition) is 1. The lowest BCUT2D eigenvalue weighted by molar-refractivity contribution is -0.130. The number of rotatable bonds is 4. The minimum absolute atomic E-state index is 0. The van der Waals surface area contributed by atoms with E-state index < -0.39 is 0 Å². The van der Waals surface area contributed by atoms with E-state index in [4.69, 9.17) is 10.5 Å². The maximum absolute atomic E-state index is 11.9. The van der Waals surface area contributed by atoms with Gasteiger partial charge in [-0.05, 0) is 30.5 Å². The quantitative estimate of drug-likeness (QED) is 0.914. The third kappa shape index (κ3) is 4.40. The molecular formula is C14H21ClN2O2. The van der Waals surface area contributed by atoms with E-state index >= 15 is 0 Å². The minimum Gasteiger partial charge on any atom is -0.497 e. The van der Waals surface area contributed by atoms with Gasteiger partial charge in [-0.25, -0.2) is 0 Å². The highest BCUT2D eigenvalue weighted by molar-refractivity contribution is 5.85. The number of benzene rings is 1. The van der Waals surface area contributed by atoms with Crippen LogP contribution in [0, 0.1) is 0 Å². The summed E-state index contributed by atoms with van der Waals surface area (Å²) in [4.78, 5) is 13.8. The Morgan fingerprint density at radius 1 is 1.42 bits per heavy atom. The Morgan fingerprint density at radius 2 is 2.11 bits per heavy atom. The van der Waals surface area contributed by atoms with Crippen molar-refractivity contribution in [1.82, 2.24) is 4.90 Å². The van der Waals surface area contributed by atoms with Gasteiger partial charge in [0.05, 0.1) is 7.11 Å². The van der Waals surface area contributed by atoms with Crippen molar-refractivity contribution in [2.75, 3.05) is 20.2 Å². The first-order valence-corrected chi connectivity index (χ1v) is 6.35. The molecule has 0 radical (unpaired) electrons. The van der Waals surface area contributed by atoms with Gasteiger partial charge in [0.1, 0.15) is 5.75 Å². The summed E-state index contributed by atoms with van der Waals surface area (Å²) in [7, 11) is 1.65. The van der Waals surface area contributed by atoms with Gasteiger partial charge in [0.25, 0.3) is 0 Å². The molecule has 0 bridgehead atoms. The van der Waals surface area contributed by atoms with E-state index in [9.17, 15) is 4.79 Å². The Bertz CT molecular complexity index is 408. The summed E-state index contributed by atoms with van der Waals surface area (Å²) in [6, 6.07) is 8.01. The van der Waals surface area contributed by atoms with Gasteiger partial charge in [0.2, 0.25) is 5.91 Å². The molecule has 19 heavy (non-hydrogen) atoms. The van der Waals surface area contributed by atoms with Crippen molar-refractivity contribution in [2.45, 2.75) is 25.3 Å². The molecule has 0 unspecified atom stereocenters. The summed E-state index contributed by atoms with van der Waals surface area (Å²) in [5.41, 5.74) is 6.95. The molecule has 0 aromatic heterocycles. The van der Waals surface area contributed by atoms with E-state index in [1.807, 2.05) is 29.2 Å². The fraction of sp³-hybridized carbons (Fsp3) is 0.500. The molecule has 5 heteroatoms. The molecule has 1 amide bonds. The Morgan fingerprint density at radius 3 is 2.63 bits per heavy atom. The third-order valence-electron chi connectivity index (χ3n) is 3.36. The molecule has 0 spiro atoms. The van der Waals surface area contributed by atoms with Gasteiger partial charge in [-0.15, -0.1) is 12.4 Å². The molecule has 106 valence electrons. The predicted octanol–water partition coefficient (Wildman–Crippen LogP) is 1.61. The summed E-state index contributed by atoms with van der Waals surface area (Å²) in [6.45, 7) is 1.52. The van der Waals surface area contributed by atoms with Crippen LogP contribution in [-0.4, -0.2) is 37.0 Å². The zero-order valence-corrected chi connectivity index (χ0v) is 12.0. The number of carbonyl (C=O) groups excluding carboxylic acids is 1. The van der Waals surface area contributed by atoms with E-state index in [1.165, 1.54) is 0 Å². The van der Waals surface area contributed by atoms with Crippen molar-refractivity contribution >= 4 is 18.3 Å². The van der Waals surface area contributed by atoms with Crippen LogP contribution in [0.3, 0.4) is 0 Å². The Hall–Kier alpha value is -1.26. The molecule has 0 aliphatic carbocycles. The molecule has 4 nitrogen and oxygen atoms in total. The van der Waals surface area contributed by atoms with Crippen LogP contribution in [0.4, 0.5) is 0 Å². The number of aryl methyl sites for hydroxylation is 1. The summed E-state index contributed by atoms with van der Waals surface area (Å²) in [6.07, 6.45) is 2.25. The van der Waals surface area contributed by atoms with E-state index in [0.29, 0.717) is 13.0 Å². The molecule has 1 atom stereocenters. The van der Waals surface area contributed by atoms with Crippen LogP contribution in [0.25, 0.3) is 0 Å². The highest BCUT2D eigenvalue weighted by Gasteiger charge is 2.22. The first-order chi connectivity index (χ1) is 8.69. The normalized spacial score (nSPS) is 18.0. The Kier molecular flexibility index (Phi) is 6.12. The number of ether oxygens (including phenoxy) is 1. The molecule has 1 aliphatic rings. The lowest BCUT2D eigenvalue weighted by atomic mass is 10.1. The van der Waals surface area contributed by atoms with Gasteiger partial charge in [0, 0.05) is 25.6 Å². The molecule has 2 N–H and O–H groups in total. The summed E-state index contributed by atoms with van der Waals surface area (Å²) < 4.78 is 5.10. The van der Waals surface area contributed by atoms with Crippen molar-refractivity contribution in [3.63, 3.8) is 0 Å². The van der Waals surface area contributed by atoms with Gasteiger partial charge < -0.3 is 15.4 Å². The fourth-order valence-corrected chi connectivity index (χ4v) is 2.22. The number of amides is 1. The molecule has 0 saturated carbocycles. The smallest absolute Gasteiger partial charge is 0.222 e. The predicted molar refractivity (Wildman–Crippen MR) is 77.7 cm³/mol. The second-order valence-electron chi connectivity index (χ2n) is 4.74. The Balaban J connectivity index is 0.00000180. The van der Waals surface area contributed by atoms with Gasteiger partial charge in [-0.2, -0.15) is 0 Å². The van der Waals surface area contributed by atoms with E-state index in [0.717, 1.165) is 30.7 Å². The maximum Gasteiger partial charge on any atom is 0.222 e. The SMILES string of the molecule is COc1ccc(CCC(=O)N2CC[C@@H](N)C2)cc1.Cl. The topological polar surface area (TPSA) is 55.6 Å². The van der Waals surface area contributed by atoms with Crippen LogP contribution in [-0.2, 0) is 11.2 Å². The molecule has 2 rings (SSSR count). The molecule has 1 fully saturated rings. The zero-order chi connectivity index (χ0) is 13.0. The third-order valence-corrected chi connectivity index (χ3v) is 3.36. The number of methoxy groups -OCH3 is 1. The molecule has 1 saturated heterocycles. The molecular weight excluding hydrogens is 264 g/mol. The van der Waals surface area contributed by atoms with Gasteiger partial charge in [-0.3, -0.25) is 4.79 Å². The lowest BCUT2D eigenvalue weighted by Crippen LogP contribution is -2.31. The summed E-state index contributed by atoms with van der Waals surface area (Å²) in [5.74, 6) is 1.05. The van der Waals surface area contributed by atoms with Gasteiger partial charge >= 0.3 is 0 Å². The van der Waals surface area contributed by atoms with Crippen LogP contribution in [0.1, 0.15) is 18.4 Å². The highest BCUT2D eigenvalue weighted by atomic mass is 35.5. The zero-order valence-electron chi connectivity index (χ0n) is 11.2. The second kappa shape index (κ2) is 7.36. The van der Waals surface area contributed by atoms with E-state index in [-0.39, 0.29) is 24.4 Å². The monoisotopic (exact) mass is 284 g/mol. The number of nitrogens with two attached hydrogens (primary N) is 1. The first kappa shape index (κ1) is 15.8. The minimum atomic E-state index is 0. The molecule has 1 aromatic rings. The van der Waals surface area contributed by atoms with Crippen molar-refractivity contribution in [2.24, 2.45) is 5.73 Å². The van der Waals surface area contributed by atoms with E-state index in [1.54, 1.807) is 7.11 Å². The highest BCUT2D eigenvalue weighted by Crippen LogP contribution is 2.14.